The smallest absolute Gasteiger partial charge is 0.291 e. The number of carbonyl (C=O) groups is 2. The van der Waals surface area contributed by atoms with E-state index < -0.39 is 0 Å². The molecule has 0 bridgehead atoms. The fraction of sp³-hybridized carbons (Fsp3) is 0.100. The highest BCUT2D eigenvalue weighted by molar-refractivity contribution is 6.30. The Labute approximate surface area is 160 Å². The molecule has 3 aromatic rings. The molecule has 136 valence electrons. The quantitative estimate of drug-likeness (QED) is 0.737. The lowest BCUT2D eigenvalue weighted by molar-refractivity contribution is -0.121. The number of nitrogens with one attached hydrogen (secondary N) is 1. The highest BCUT2D eigenvalue weighted by Gasteiger charge is 2.26. The molecule has 0 radical (unpaired) electrons. The predicted molar refractivity (Wildman–Crippen MR) is 101 cm³/mol. The van der Waals surface area contributed by atoms with E-state index in [1.807, 2.05) is 12.1 Å². The Morgan fingerprint density at radius 3 is 2.70 bits per heavy atom. The molecule has 1 aromatic heterocycles. The summed E-state index contributed by atoms with van der Waals surface area (Å²) in [6, 6.07) is 15.7. The van der Waals surface area contributed by atoms with Crippen LogP contribution in [0.25, 0.3) is 0 Å². The highest BCUT2D eigenvalue weighted by Crippen LogP contribution is 2.35. The number of hydrogen-bond acceptors (Lipinski definition) is 4. The molecular formula is C20H15ClN2O4. The summed E-state index contributed by atoms with van der Waals surface area (Å²) >= 11 is 5.92. The van der Waals surface area contributed by atoms with Gasteiger partial charge in [0, 0.05) is 16.8 Å². The van der Waals surface area contributed by atoms with Gasteiger partial charge in [-0.05, 0) is 42.0 Å². The zero-order valence-corrected chi connectivity index (χ0v) is 14.9. The Hall–Kier alpha value is -3.25. The van der Waals surface area contributed by atoms with Crippen LogP contribution < -0.4 is 15.0 Å². The largest absolute Gasteiger partial charge is 0.481 e. The molecule has 2 amide bonds. The molecule has 27 heavy (non-hydrogen) atoms. The summed E-state index contributed by atoms with van der Waals surface area (Å²) in [6.07, 6.45) is 1.44. The molecule has 6 nitrogen and oxygen atoms in total. The summed E-state index contributed by atoms with van der Waals surface area (Å²) in [5, 5.41) is 3.39. The van der Waals surface area contributed by atoms with Crippen LogP contribution in [-0.4, -0.2) is 18.4 Å². The lowest BCUT2D eigenvalue weighted by Crippen LogP contribution is -2.38. The lowest BCUT2D eigenvalue weighted by atomic mass is 10.1. The van der Waals surface area contributed by atoms with Crippen molar-refractivity contribution in [2.24, 2.45) is 0 Å². The van der Waals surface area contributed by atoms with Crippen molar-refractivity contribution >= 4 is 34.8 Å². The summed E-state index contributed by atoms with van der Waals surface area (Å²) in [7, 11) is 0. The molecule has 2 aromatic carbocycles. The number of hydrogen-bond donors (Lipinski definition) is 1. The van der Waals surface area contributed by atoms with Crippen molar-refractivity contribution in [2.45, 2.75) is 6.54 Å². The molecule has 4 rings (SSSR count). The van der Waals surface area contributed by atoms with Gasteiger partial charge in [-0.15, -0.1) is 0 Å². The third-order valence-corrected chi connectivity index (χ3v) is 4.41. The monoisotopic (exact) mass is 382 g/mol. The van der Waals surface area contributed by atoms with Crippen molar-refractivity contribution in [1.29, 1.82) is 0 Å². The summed E-state index contributed by atoms with van der Waals surface area (Å²) < 4.78 is 10.6. The van der Waals surface area contributed by atoms with Crippen molar-refractivity contribution < 1.29 is 18.7 Å². The normalized spacial score (nSPS) is 13.1. The van der Waals surface area contributed by atoms with Crippen molar-refractivity contribution in [1.82, 2.24) is 0 Å². The maximum absolute atomic E-state index is 12.3. The van der Waals surface area contributed by atoms with Crippen LogP contribution in [0, 0.1) is 0 Å². The van der Waals surface area contributed by atoms with Gasteiger partial charge in [-0.1, -0.05) is 23.7 Å². The molecule has 0 unspecified atom stereocenters. The third kappa shape index (κ3) is 3.66. The van der Waals surface area contributed by atoms with Gasteiger partial charge in [0.1, 0.15) is 5.75 Å². The number of rotatable bonds is 4. The lowest BCUT2D eigenvalue weighted by Gasteiger charge is -2.29. The Morgan fingerprint density at radius 1 is 1.15 bits per heavy atom. The van der Waals surface area contributed by atoms with Crippen molar-refractivity contribution in [3.63, 3.8) is 0 Å². The van der Waals surface area contributed by atoms with Crippen LogP contribution in [0.5, 0.6) is 5.75 Å². The number of carbonyl (C=O) groups excluding carboxylic acids is 2. The second kappa shape index (κ2) is 7.17. The van der Waals surface area contributed by atoms with E-state index in [-0.39, 0.29) is 24.2 Å². The van der Waals surface area contributed by atoms with Gasteiger partial charge in [0.25, 0.3) is 11.8 Å². The van der Waals surface area contributed by atoms with Crippen LogP contribution >= 0.6 is 11.6 Å². The molecule has 2 heterocycles. The number of ether oxygens (including phenoxy) is 1. The maximum Gasteiger partial charge on any atom is 0.291 e. The summed E-state index contributed by atoms with van der Waals surface area (Å²) in [4.78, 5) is 26.1. The fourth-order valence-corrected chi connectivity index (χ4v) is 2.95. The minimum atomic E-state index is -0.357. The van der Waals surface area contributed by atoms with E-state index >= 15 is 0 Å². The van der Waals surface area contributed by atoms with E-state index in [9.17, 15) is 9.59 Å². The van der Waals surface area contributed by atoms with Gasteiger partial charge in [-0.25, -0.2) is 0 Å². The predicted octanol–water partition coefficient (Wildman–Crippen LogP) is 4.11. The second-order valence-corrected chi connectivity index (χ2v) is 6.45. The number of amides is 2. The third-order valence-electron chi connectivity index (χ3n) is 4.16. The molecule has 0 saturated carbocycles. The van der Waals surface area contributed by atoms with E-state index in [1.54, 1.807) is 47.4 Å². The van der Waals surface area contributed by atoms with Crippen molar-refractivity contribution in [3.8, 4) is 5.75 Å². The van der Waals surface area contributed by atoms with Crippen molar-refractivity contribution in [3.05, 3.63) is 77.2 Å². The number of anilines is 2. The zero-order chi connectivity index (χ0) is 18.8. The van der Waals surface area contributed by atoms with Gasteiger partial charge in [0.15, 0.2) is 12.4 Å². The molecule has 0 atom stereocenters. The number of furan rings is 1. The van der Waals surface area contributed by atoms with Crippen LogP contribution in [0.15, 0.2) is 65.3 Å². The Balaban J connectivity index is 1.56. The van der Waals surface area contributed by atoms with Crippen LogP contribution in [0.1, 0.15) is 16.1 Å². The molecule has 1 aliphatic heterocycles. The Kier molecular flexibility index (Phi) is 4.56. The first-order valence-corrected chi connectivity index (χ1v) is 8.64. The van der Waals surface area contributed by atoms with Crippen LogP contribution in [0.2, 0.25) is 5.02 Å². The topological polar surface area (TPSA) is 71.8 Å². The summed E-state index contributed by atoms with van der Waals surface area (Å²) in [5.74, 6) is 0.253. The number of benzene rings is 2. The second-order valence-electron chi connectivity index (χ2n) is 6.01. The molecular weight excluding hydrogens is 368 g/mol. The first-order valence-electron chi connectivity index (χ1n) is 8.27. The van der Waals surface area contributed by atoms with E-state index in [0.717, 1.165) is 5.56 Å². The van der Waals surface area contributed by atoms with Gasteiger partial charge in [-0.3, -0.25) is 9.59 Å². The Bertz CT molecular complexity index is 984. The Morgan fingerprint density at radius 2 is 1.96 bits per heavy atom. The summed E-state index contributed by atoms with van der Waals surface area (Å²) in [6.45, 7) is 0.348. The molecule has 0 saturated heterocycles. The zero-order valence-electron chi connectivity index (χ0n) is 14.1. The maximum atomic E-state index is 12.3. The van der Waals surface area contributed by atoms with Gasteiger partial charge in [-0.2, -0.15) is 0 Å². The number of nitrogens with zero attached hydrogens (tertiary/aromatic N) is 1. The molecule has 0 fully saturated rings. The van der Waals surface area contributed by atoms with Gasteiger partial charge in [0.05, 0.1) is 18.5 Å². The first-order chi connectivity index (χ1) is 13.1. The van der Waals surface area contributed by atoms with E-state index in [4.69, 9.17) is 20.8 Å². The van der Waals surface area contributed by atoms with E-state index in [2.05, 4.69) is 5.32 Å². The number of halogens is 1. The SMILES string of the molecule is O=C(Nc1ccc2c(c1)OCC(=O)N2Cc1ccc(Cl)cc1)c1ccco1. The number of fused-ring (bicyclic) bond motifs is 1. The van der Waals surface area contributed by atoms with Gasteiger partial charge < -0.3 is 19.4 Å². The van der Waals surface area contributed by atoms with Crippen LogP contribution in [-0.2, 0) is 11.3 Å². The van der Waals surface area contributed by atoms with Crippen LogP contribution in [0.3, 0.4) is 0 Å². The van der Waals surface area contributed by atoms with E-state index in [1.165, 1.54) is 6.26 Å². The first kappa shape index (κ1) is 17.2. The molecule has 1 aliphatic rings. The highest BCUT2D eigenvalue weighted by atomic mass is 35.5. The molecule has 7 heteroatoms. The molecule has 1 N–H and O–H groups in total. The summed E-state index contributed by atoms with van der Waals surface area (Å²) in [5.41, 5.74) is 2.16. The fourth-order valence-electron chi connectivity index (χ4n) is 2.83. The van der Waals surface area contributed by atoms with Crippen molar-refractivity contribution in [2.75, 3.05) is 16.8 Å². The minimum Gasteiger partial charge on any atom is -0.481 e. The van der Waals surface area contributed by atoms with Gasteiger partial charge in [0.2, 0.25) is 0 Å². The van der Waals surface area contributed by atoms with E-state index in [0.29, 0.717) is 28.7 Å². The standard InChI is InChI=1S/C20H15ClN2O4/c21-14-5-3-13(4-6-14)11-23-16-8-7-15(10-18(16)27-12-19(23)24)22-20(25)17-2-1-9-26-17/h1-10H,11-12H2,(H,22,25). The molecule has 0 spiro atoms. The van der Waals surface area contributed by atoms with Crippen LogP contribution in [0.4, 0.5) is 11.4 Å². The average molecular weight is 383 g/mol. The van der Waals surface area contributed by atoms with Gasteiger partial charge >= 0.3 is 0 Å². The average Bonchev–Trinajstić information content (AvgIpc) is 3.21. The minimum absolute atomic E-state index is 0.0594. The molecule has 0 aliphatic carbocycles.